The van der Waals surface area contributed by atoms with Crippen molar-refractivity contribution in [2.75, 3.05) is 6.54 Å². The van der Waals surface area contributed by atoms with Crippen LogP contribution in [-0.4, -0.2) is 18.4 Å². The smallest absolute Gasteiger partial charge is 0.164 e. The zero-order valence-electron chi connectivity index (χ0n) is 8.91. The second kappa shape index (κ2) is 4.97. The first-order valence-electron chi connectivity index (χ1n) is 5.40. The van der Waals surface area contributed by atoms with Gasteiger partial charge in [-0.25, -0.2) is 0 Å². The quantitative estimate of drug-likeness (QED) is 0.845. The minimum Gasteiger partial charge on any atom is -0.489 e. The minimum absolute atomic E-state index is 0.0705. The summed E-state index contributed by atoms with van der Waals surface area (Å²) < 4.78 is 6.50. The molecular formula is C12H14BrNO2. The van der Waals surface area contributed by atoms with E-state index in [9.17, 15) is 4.79 Å². The third-order valence-corrected chi connectivity index (χ3v) is 3.06. The zero-order chi connectivity index (χ0) is 11.5. The van der Waals surface area contributed by atoms with Gasteiger partial charge in [0.2, 0.25) is 0 Å². The van der Waals surface area contributed by atoms with Crippen LogP contribution in [0, 0.1) is 0 Å². The Morgan fingerprint density at radius 2 is 2.25 bits per heavy atom. The highest BCUT2D eigenvalue weighted by atomic mass is 79.9. The van der Waals surface area contributed by atoms with Crippen LogP contribution in [0.1, 0.15) is 29.6 Å². The van der Waals surface area contributed by atoms with Crippen LogP contribution in [0.15, 0.2) is 22.7 Å². The average molecular weight is 284 g/mol. The Bertz CT molecular complexity index is 402. The van der Waals surface area contributed by atoms with Crippen molar-refractivity contribution < 1.29 is 9.53 Å². The highest BCUT2D eigenvalue weighted by Gasteiger charge is 2.24. The van der Waals surface area contributed by atoms with Crippen molar-refractivity contribution in [3.63, 3.8) is 0 Å². The Labute approximate surface area is 103 Å². The first-order valence-corrected chi connectivity index (χ1v) is 6.19. The molecule has 0 aliphatic heterocycles. The van der Waals surface area contributed by atoms with Gasteiger partial charge >= 0.3 is 0 Å². The van der Waals surface area contributed by atoms with Crippen molar-refractivity contribution in [3.05, 3.63) is 28.2 Å². The van der Waals surface area contributed by atoms with Crippen molar-refractivity contribution in [1.82, 2.24) is 0 Å². The van der Waals surface area contributed by atoms with Crippen LogP contribution < -0.4 is 10.5 Å². The highest BCUT2D eigenvalue weighted by molar-refractivity contribution is 9.10. The predicted octanol–water partition coefficient (Wildman–Crippen LogP) is 2.52. The molecule has 1 fully saturated rings. The molecular weight excluding hydrogens is 270 g/mol. The van der Waals surface area contributed by atoms with Gasteiger partial charge in [-0.2, -0.15) is 0 Å². The lowest BCUT2D eigenvalue weighted by Crippen LogP contribution is -2.08. The normalized spacial score (nSPS) is 14.9. The number of halogens is 1. The van der Waals surface area contributed by atoms with Gasteiger partial charge in [-0.3, -0.25) is 4.79 Å². The maximum Gasteiger partial charge on any atom is 0.164 e. The zero-order valence-corrected chi connectivity index (χ0v) is 10.5. The third-order valence-electron chi connectivity index (χ3n) is 2.44. The number of carbonyl (C=O) groups excluding carboxylic acids is 1. The van der Waals surface area contributed by atoms with Gasteiger partial charge in [-0.05, 0) is 53.5 Å². The molecule has 2 N–H and O–H groups in total. The Hall–Kier alpha value is -0.870. The third kappa shape index (κ3) is 2.83. The molecule has 0 spiro atoms. The summed E-state index contributed by atoms with van der Waals surface area (Å²) in [6.45, 7) is 0.386. The lowest BCUT2D eigenvalue weighted by atomic mass is 10.1. The first kappa shape index (κ1) is 11.6. The molecule has 3 nitrogen and oxygen atoms in total. The van der Waals surface area contributed by atoms with Gasteiger partial charge in [-0.15, -0.1) is 0 Å². The Kier molecular flexibility index (Phi) is 3.61. The SMILES string of the molecule is NCCC(=O)c1ccc(OC2CC2)c(Br)c1. The van der Waals surface area contributed by atoms with Gasteiger partial charge in [0.1, 0.15) is 5.75 Å². The second-order valence-electron chi connectivity index (χ2n) is 3.92. The molecule has 0 amide bonds. The second-order valence-corrected chi connectivity index (χ2v) is 4.78. The maximum absolute atomic E-state index is 11.6. The summed E-state index contributed by atoms with van der Waals surface area (Å²) in [4.78, 5) is 11.6. The van der Waals surface area contributed by atoms with Crippen LogP contribution in [0.4, 0.5) is 0 Å². The molecule has 1 aromatic carbocycles. The van der Waals surface area contributed by atoms with Crippen LogP contribution in [0.5, 0.6) is 5.75 Å². The van der Waals surface area contributed by atoms with E-state index in [2.05, 4.69) is 15.9 Å². The van der Waals surface area contributed by atoms with Gasteiger partial charge in [0.25, 0.3) is 0 Å². The topological polar surface area (TPSA) is 52.3 Å². The number of benzene rings is 1. The van der Waals surface area contributed by atoms with Gasteiger partial charge < -0.3 is 10.5 Å². The monoisotopic (exact) mass is 283 g/mol. The summed E-state index contributed by atoms with van der Waals surface area (Å²) in [5, 5.41) is 0. The maximum atomic E-state index is 11.6. The van der Waals surface area contributed by atoms with E-state index < -0.39 is 0 Å². The summed E-state index contributed by atoms with van der Waals surface area (Å²) >= 11 is 3.41. The molecule has 16 heavy (non-hydrogen) atoms. The number of carbonyl (C=O) groups is 1. The van der Waals surface area contributed by atoms with E-state index in [1.807, 2.05) is 6.07 Å². The molecule has 2 rings (SSSR count). The van der Waals surface area contributed by atoms with E-state index in [1.54, 1.807) is 12.1 Å². The Balaban J connectivity index is 2.11. The van der Waals surface area contributed by atoms with Crippen LogP contribution >= 0.6 is 15.9 Å². The van der Waals surface area contributed by atoms with Crippen LogP contribution in [-0.2, 0) is 0 Å². The van der Waals surface area contributed by atoms with Crippen LogP contribution in [0.3, 0.4) is 0 Å². The molecule has 0 saturated heterocycles. The molecule has 86 valence electrons. The fraction of sp³-hybridized carbons (Fsp3) is 0.417. The molecule has 1 aromatic rings. The number of hydrogen-bond donors (Lipinski definition) is 1. The molecule has 0 unspecified atom stereocenters. The lowest BCUT2D eigenvalue weighted by molar-refractivity contribution is 0.0985. The number of rotatable bonds is 5. The standard InChI is InChI=1S/C12H14BrNO2/c13-10-7-8(11(15)5-6-14)1-4-12(10)16-9-2-3-9/h1,4,7,9H,2-3,5-6,14H2. The molecule has 1 aliphatic carbocycles. The molecule has 4 heteroatoms. The van der Waals surface area contributed by atoms with Crippen molar-refractivity contribution in [3.8, 4) is 5.75 Å². The minimum atomic E-state index is 0.0705. The van der Waals surface area contributed by atoms with Gasteiger partial charge in [-0.1, -0.05) is 0 Å². The fourth-order valence-corrected chi connectivity index (χ4v) is 1.88. The van der Waals surface area contributed by atoms with E-state index in [0.29, 0.717) is 24.6 Å². The Morgan fingerprint density at radius 1 is 1.50 bits per heavy atom. The summed E-state index contributed by atoms with van der Waals surface area (Å²) in [7, 11) is 0. The summed E-state index contributed by atoms with van der Waals surface area (Å²) in [5.41, 5.74) is 6.03. The average Bonchev–Trinajstić information content (AvgIpc) is 3.05. The first-order chi connectivity index (χ1) is 7.70. The lowest BCUT2D eigenvalue weighted by Gasteiger charge is -2.08. The number of Topliss-reactive ketones (excluding diaryl/α,β-unsaturated/α-hetero) is 1. The van der Waals surface area contributed by atoms with Gasteiger partial charge in [0, 0.05) is 12.0 Å². The molecule has 0 radical (unpaired) electrons. The van der Waals surface area contributed by atoms with Crippen molar-refractivity contribution in [1.29, 1.82) is 0 Å². The summed E-state index contributed by atoms with van der Waals surface area (Å²) in [6, 6.07) is 5.43. The molecule has 0 heterocycles. The van der Waals surface area contributed by atoms with Crippen molar-refractivity contribution >= 4 is 21.7 Å². The molecule has 0 atom stereocenters. The molecule has 1 aliphatic rings. The van der Waals surface area contributed by atoms with Gasteiger partial charge in [0.15, 0.2) is 5.78 Å². The van der Waals surface area contributed by atoms with Gasteiger partial charge in [0.05, 0.1) is 10.6 Å². The van der Waals surface area contributed by atoms with Crippen molar-refractivity contribution in [2.24, 2.45) is 5.73 Å². The number of ether oxygens (including phenoxy) is 1. The highest BCUT2D eigenvalue weighted by Crippen LogP contribution is 2.32. The largest absolute Gasteiger partial charge is 0.489 e. The van der Waals surface area contributed by atoms with Crippen LogP contribution in [0.25, 0.3) is 0 Å². The van der Waals surface area contributed by atoms with E-state index >= 15 is 0 Å². The van der Waals surface area contributed by atoms with E-state index in [0.717, 1.165) is 23.1 Å². The fourth-order valence-electron chi connectivity index (χ4n) is 1.41. The van der Waals surface area contributed by atoms with E-state index in [1.165, 1.54) is 0 Å². The van der Waals surface area contributed by atoms with Crippen molar-refractivity contribution in [2.45, 2.75) is 25.4 Å². The Morgan fingerprint density at radius 3 is 2.81 bits per heavy atom. The molecule has 0 bridgehead atoms. The summed E-state index contributed by atoms with van der Waals surface area (Å²) in [5.74, 6) is 0.882. The van der Waals surface area contributed by atoms with E-state index in [-0.39, 0.29) is 5.78 Å². The molecule has 0 aromatic heterocycles. The summed E-state index contributed by atoms with van der Waals surface area (Å²) in [6.07, 6.45) is 3.00. The number of ketones is 1. The van der Waals surface area contributed by atoms with E-state index in [4.69, 9.17) is 10.5 Å². The van der Waals surface area contributed by atoms with Crippen LogP contribution in [0.2, 0.25) is 0 Å². The number of hydrogen-bond acceptors (Lipinski definition) is 3. The number of nitrogens with two attached hydrogens (primary N) is 1. The molecule has 1 saturated carbocycles. The predicted molar refractivity (Wildman–Crippen MR) is 65.8 cm³/mol.